The van der Waals surface area contributed by atoms with Crippen molar-refractivity contribution < 1.29 is 23.8 Å². The average molecular weight is 283 g/mol. The van der Waals surface area contributed by atoms with Crippen molar-refractivity contribution in [3.8, 4) is 6.07 Å². The molecular weight excluding hydrogens is 262 g/mol. The second-order valence-electron chi connectivity index (χ2n) is 5.10. The van der Waals surface area contributed by atoms with Gasteiger partial charge in [-0.15, -0.1) is 0 Å². The van der Waals surface area contributed by atoms with Gasteiger partial charge in [-0.2, -0.15) is 5.26 Å². The lowest BCUT2D eigenvalue weighted by atomic mass is 9.76. The summed E-state index contributed by atoms with van der Waals surface area (Å²) >= 11 is 0. The molecule has 0 aromatic heterocycles. The maximum Gasteiger partial charge on any atom is 0.323 e. The molecule has 112 valence electrons. The van der Waals surface area contributed by atoms with Crippen molar-refractivity contribution in [2.45, 2.75) is 45.6 Å². The van der Waals surface area contributed by atoms with Gasteiger partial charge in [0.05, 0.1) is 31.5 Å². The van der Waals surface area contributed by atoms with Gasteiger partial charge in [-0.3, -0.25) is 9.59 Å². The minimum atomic E-state index is -1.45. The maximum atomic E-state index is 12.3. The fraction of sp³-hybridized carbons (Fsp3) is 0.786. The summed E-state index contributed by atoms with van der Waals surface area (Å²) < 4.78 is 15.4. The van der Waals surface area contributed by atoms with Crippen LogP contribution in [0.2, 0.25) is 0 Å². The summed E-state index contributed by atoms with van der Waals surface area (Å²) in [5.74, 6) is -1.27. The van der Waals surface area contributed by atoms with E-state index in [0.717, 1.165) is 0 Å². The van der Waals surface area contributed by atoms with Crippen molar-refractivity contribution in [2.24, 2.45) is 5.41 Å². The Morgan fingerprint density at radius 3 is 2.15 bits per heavy atom. The molecule has 0 spiro atoms. The molecule has 1 rings (SSSR count). The highest BCUT2D eigenvalue weighted by atomic mass is 16.6. The maximum absolute atomic E-state index is 12.3. The molecule has 0 aliphatic carbocycles. The van der Waals surface area contributed by atoms with E-state index in [1.807, 2.05) is 13.0 Å². The fourth-order valence-corrected chi connectivity index (χ4v) is 2.19. The summed E-state index contributed by atoms with van der Waals surface area (Å²) in [4.78, 5) is 24.6. The minimum Gasteiger partial charge on any atom is -0.465 e. The molecular formula is C14H21NO5. The van der Waals surface area contributed by atoms with E-state index in [1.54, 1.807) is 13.8 Å². The van der Waals surface area contributed by atoms with Crippen LogP contribution in [0.1, 0.15) is 40.0 Å². The number of nitrogens with zero attached hydrogens (tertiary/aromatic N) is 1. The molecule has 1 saturated heterocycles. The normalized spacial score (nSPS) is 20.9. The molecule has 20 heavy (non-hydrogen) atoms. The number of esters is 2. The Morgan fingerprint density at radius 1 is 1.30 bits per heavy atom. The lowest BCUT2D eigenvalue weighted by molar-refractivity contribution is -0.174. The minimum absolute atomic E-state index is 0.0771. The topological polar surface area (TPSA) is 88.9 Å². The second kappa shape index (κ2) is 6.71. The molecule has 0 radical (unpaired) electrons. The molecule has 0 aromatic carbocycles. The standard InChI is InChI=1S/C14H21NO5/c1-4-18-11(16)14(7-6-8-15,12(17)19-5-2)9-13(3)10-20-13/h4-7,9-10H2,1-3H3. The van der Waals surface area contributed by atoms with Crippen molar-refractivity contribution in [3.05, 3.63) is 0 Å². The van der Waals surface area contributed by atoms with Gasteiger partial charge in [0.25, 0.3) is 0 Å². The Labute approximate surface area is 119 Å². The van der Waals surface area contributed by atoms with Crippen LogP contribution in [0.5, 0.6) is 0 Å². The van der Waals surface area contributed by atoms with E-state index in [2.05, 4.69) is 0 Å². The summed E-state index contributed by atoms with van der Waals surface area (Å²) in [5.41, 5.74) is -1.97. The molecule has 1 aliphatic rings. The lowest BCUT2D eigenvalue weighted by Crippen LogP contribution is -2.45. The largest absolute Gasteiger partial charge is 0.465 e. The van der Waals surface area contributed by atoms with E-state index in [0.29, 0.717) is 6.61 Å². The van der Waals surface area contributed by atoms with E-state index >= 15 is 0 Å². The van der Waals surface area contributed by atoms with Gasteiger partial charge in [-0.25, -0.2) is 0 Å². The van der Waals surface area contributed by atoms with Crippen molar-refractivity contribution in [2.75, 3.05) is 19.8 Å². The first-order valence-electron chi connectivity index (χ1n) is 6.79. The zero-order chi connectivity index (χ0) is 15.2. The van der Waals surface area contributed by atoms with Crippen molar-refractivity contribution in [3.63, 3.8) is 0 Å². The van der Waals surface area contributed by atoms with Crippen LogP contribution < -0.4 is 0 Å². The predicted octanol–water partition coefficient (Wildman–Crippen LogP) is 1.58. The van der Waals surface area contributed by atoms with Crippen molar-refractivity contribution in [1.29, 1.82) is 5.26 Å². The number of nitriles is 1. The Hall–Kier alpha value is -1.61. The Kier molecular flexibility index (Phi) is 5.52. The number of carbonyl (C=O) groups excluding carboxylic acids is 2. The lowest BCUT2D eigenvalue weighted by Gasteiger charge is -2.29. The molecule has 1 heterocycles. The Balaban J connectivity index is 3.05. The van der Waals surface area contributed by atoms with Gasteiger partial charge in [0.2, 0.25) is 0 Å². The summed E-state index contributed by atoms with van der Waals surface area (Å²) in [6, 6.07) is 1.97. The highest BCUT2D eigenvalue weighted by Crippen LogP contribution is 2.43. The smallest absolute Gasteiger partial charge is 0.323 e. The fourth-order valence-electron chi connectivity index (χ4n) is 2.19. The zero-order valence-corrected chi connectivity index (χ0v) is 12.2. The van der Waals surface area contributed by atoms with Crippen LogP contribution in [0.25, 0.3) is 0 Å². The van der Waals surface area contributed by atoms with Crippen LogP contribution in [0.3, 0.4) is 0 Å². The van der Waals surface area contributed by atoms with Gasteiger partial charge in [-0.1, -0.05) is 0 Å². The van der Waals surface area contributed by atoms with E-state index in [4.69, 9.17) is 19.5 Å². The van der Waals surface area contributed by atoms with E-state index in [-0.39, 0.29) is 32.5 Å². The van der Waals surface area contributed by atoms with Gasteiger partial charge >= 0.3 is 11.9 Å². The van der Waals surface area contributed by atoms with Crippen LogP contribution in [-0.4, -0.2) is 37.4 Å². The number of hydrogen-bond acceptors (Lipinski definition) is 6. The summed E-state index contributed by atoms with van der Waals surface area (Å²) in [6.45, 7) is 6.00. The monoisotopic (exact) mass is 283 g/mol. The molecule has 1 fully saturated rings. The molecule has 0 bridgehead atoms. The Morgan fingerprint density at radius 2 is 1.80 bits per heavy atom. The van der Waals surface area contributed by atoms with Gasteiger partial charge < -0.3 is 14.2 Å². The Bertz CT molecular complexity index is 390. The van der Waals surface area contributed by atoms with E-state index in [1.165, 1.54) is 0 Å². The van der Waals surface area contributed by atoms with Gasteiger partial charge in [0.1, 0.15) is 0 Å². The van der Waals surface area contributed by atoms with Crippen molar-refractivity contribution in [1.82, 2.24) is 0 Å². The number of ether oxygens (including phenoxy) is 3. The van der Waals surface area contributed by atoms with Crippen LogP contribution in [0.4, 0.5) is 0 Å². The van der Waals surface area contributed by atoms with Crippen LogP contribution in [0, 0.1) is 16.7 Å². The molecule has 0 aromatic rings. The molecule has 6 heteroatoms. The average Bonchev–Trinajstić information content (AvgIpc) is 3.12. The SMILES string of the molecule is CCOC(=O)C(CCC#N)(CC1(C)CO1)C(=O)OCC. The summed E-state index contributed by atoms with van der Waals surface area (Å²) in [7, 11) is 0. The number of carbonyl (C=O) groups is 2. The first-order chi connectivity index (χ1) is 9.44. The third-order valence-corrected chi connectivity index (χ3v) is 3.31. The molecule has 6 nitrogen and oxygen atoms in total. The van der Waals surface area contributed by atoms with Gasteiger partial charge in [-0.05, 0) is 27.2 Å². The first kappa shape index (κ1) is 16.4. The first-order valence-corrected chi connectivity index (χ1v) is 6.79. The number of epoxide rings is 1. The molecule has 1 atom stereocenters. The van der Waals surface area contributed by atoms with Crippen LogP contribution in [-0.2, 0) is 23.8 Å². The second-order valence-corrected chi connectivity index (χ2v) is 5.10. The quantitative estimate of drug-likeness (QED) is 0.382. The van der Waals surface area contributed by atoms with E-state index < -0.39 is 23.0 Å². The zero-order valence-electron chi connectivity index (χ0n) is 12.2. The van der Waals surface area contributed by atoms with E-state index in [9.17, 15) is 9.59 Å². The highest BCUT2D eigenvalue weighted by molar-refractivity contribution is 6.00. The highest BCUT2D eigenvalue weighted by Gasteiger charge is 2.56. The molecule has 0 amide bonds. The molecule has 0 saturated carbocycles. The predicted molar refractivity (Wildman–Crippen MR) is 69.5 cm³/mol. The number of rotatable bonds is 8. The number of hydrogen-bond donors (Lipinski definition) is 0. The van der Waals surface area contributed by atoms with Crippen LogP contribution in [0.15, 0.2) is 0 Å². The van der Waals surface area contributed by atoms with Crippen molar-refractivity contribution >= 4 is 11.9 Å². The summed E-state index contributed by atoms with van der Waals surface area (Å²) in [5, 5.41) is 8.78. The summed E-state index contributed by atoms with van der Waals surface area (Å²) in [6.07, 6.45) is 0.340. The molecule has 0 N–H and O–H groups in total. The third kappa shape index (κ3) is 3.70. The van der Waals surface area contributed by atoms with Crippen LogP contribution >= 0.6 is 0 Å². The molecule has 1 unspecified atom stereocenters. The van der Waals surface area contributed by atoms with Gasteiger partial charge in [0.15, 0.2) is 5.41 Å². The van der Waals surface area contributed by atoms with Gasteiger partial charge in [0, 0.05) is 12.8 Å². The third-order valence-electron chi connectivity index (χ3n) is 3.31. The molecule has 1 aliphatic heterocycles.